The summed E-state index contributed by atoms with van der Waals surface area (Å²) in [5.74, 6) is 0. The van der Waals surface area contributed by atoms with Crippen LogP contribution in [0, 0.1) is 0 Å². The van der Waals surface area contributed by atoms with Gasteiger partial charge in [0.2, 0.25) is 0 Å². The van der Waals surface area contributed by atoms with Crippen molar-refractivity contribution in [3.8, 4) is 0 Å². The average molecular weight is 248 g/mol. The first kappa shape index (κ1) is 15.2. The molecule has 0 aliphatic heterocycles. The summed E-state index contributed by atoms with van der Waals surface area (Å²) >= 11 is 0. The Morgan fingerprint density at radius 2 is 1.78 bits per heavy atom. The molecule has 1 unspecified atom stereocenters. The third-order valence-corrected chi connectivity index (χ3v) is 3.46. The summed E-state index contributed by atoms with van der Waals surface area (Å²) in [6.07, 6.45) is 2.35. The molecule has 1 atom stereocenters. The second-order valence-corrected chi connectivity index (χ2v) is 5.46. The van der Waals surface area contributed by atoms with Gasteiger partial charge in [0.15, 0.2) is 0 Å². The Hall–Kier alpha value is -0.860. The highest BCUT2D eigenvalue weighted by atomic mass is 15.1. The SMILES string of the molecule is CC(C)NCCC(C)N(C)CCc1ccccc1. The molecule has 0 bridgehead atoms. The molecule has 0 aromatic heterocycles. The van der Waals surface area contributed by atoms with E-state index >= 15 is 0 Å². The molecular weight excluding hydrogens is 220 g/mol. The van der Waals surface area contributed by atoms with E-state index in [4.69, 9.17) is 0 Å². The predicted molar refractivity (Wildman–Crippen MR) is 80.0 cm³/mol. The lowest BCUT2D eigenvalue weighted by Crippen LogP contribution is -2.35. The van der Waals surface area contributed by atoms with E-state index < -0.39 is 0 Å². The molecule has 2 heteroatoms. The molecule has 18 heavy (non-hydrogen) atoms. The molecule has 1 aromatic carbocycles. The molecule has 0 saturated carbocycles. The smallest absolute Gasteiger partial charge is 0.00760 e. The molecule has 0 heterocycles. The van der Waals surface area contributed by atoms with Crippen molar-refractivity contribution in [3.05, 3.63) is 35.9 Å². The van der Waals surface area contributed by atoms with E-state index in [0.717, 1.165) is 19.5 Å². The zero-order chi connectivity index (χ0) is 13.4. The second-order valence-electron chi connectivity index (χ2n) is 5.46. The van der Waals surface area contributed by atoms with Crippen LogP contribution in [0.4, 0.5) is 0 Å². The van der Waals surface area contributed by atoms with Gasteiger partial charge in [-0.15, -0.1) is 0 Å². The van der Waals surface area contributed by atoms with E-state index in [2.05, 4.69) is 68.4 Å². The first-order valence-electron chi connectivity index (χ1n) is 7.07. The standard InChI is InChI=1S/C16H28N2/c1-14(2)17-12-10-15(3)18(4)13-11-16-8-6-5-7-9-16/h5-9,14-15,17H,10-13H2,1-4H3. The maximum absolute atomic E-state index is 3.48. The van der Waals surface area contributed by atoms with Crippen molar-refractivity contribution in [1.29, 1.82) is 0 Å². The molecule has 0 aliphatic rings. The van der Waals surface area contributed by atoms with Gasteiger partial charge in [0.1, 0.15) is 0 Å². The van der Waals surface area contributed by atoms with Crippen LogP contribution in [0.5, 0.6) is 0 Å². The van der Waals surface area contributed by atoms with Gasteiger partial charge in [-0.05, 0) is 38.9 Å². The highest BCUT2D eigenvalue weighted by molar-refractivity contribution is 5.14. The zero-order valence-electron chi connectivity index (χ0n) is 12.3. The Bertz CT molecular complexity index is 308. The van der Waals surface area contributed by atoms with Gasteiger partial charge < -0.3 is 10.2 Å². The van der Waals surface area contributed by atoms with Crippen LogP contribution in [0.3, 0.4) is 0 Å². The van der Waals surface area contributed by atoms with Gasteiger partial charge in [-0.3, -0.25) is 0 Å². The van der Waals surface area contributed by atoms with Gasteiger partial charge in [0.05, 0.1) is 0 Å². The highest BCUT2D eigenvalue weighted by Crippen LogP contribution is 2.05. The molecule has 1 aromatic rings. The highest BCUT2D eigenvalue weighted by Gasteiger charge is 2.08. The van der Waals surface area contributed by atoms with Crippen LogP contribution in [0.2, 0.25) is 0 Å². The normalized spacial score (nSPS) is 13.2. The summed E-state index contributed by atoms with van der Waals surface area (Å²) in [6.45, 7) is 8.95. The maximum Gasteiger partial charge on any atom is 0.00760 e. The molecule has 0 radical (unpaired) electrons. The Morgan fingerprint density at radius 1 is 1.11 bits per heavy atom. The fraction of sp³-hybridized carbons (Fsp3) is 0.625. The average Bonchev–Trinajstić information content (AvgIpc) is 2.36. The molecule has 1 N–H and O–H groups in total. The van der Waals surface area contributed by atoms with E-state index in [-0.39, 0.29) is 0 Å². The lowest BCUT2D eigenvalue weighted by Gasteiger charge is -2.25. The van der Waals surface area contributed by atoms with Crippen LogP contribution >= 0.6 is 0 Å². The van der Waals surface area contributed by atoms with Crippen molar-refractivity contribution in [3.63, 3.8) is 0 Å². The third-order valence-electron chi connectivity index (χ3n) is 3.46. The van der Waals surface area contributed by atoms with Crippen molar-refractivity contribution in [2.24, 2.45) is 0 Å². The maximum atomic E-state index is 3.48. The Labute approximate surface area is 112 Å². The number of nitrogens with one attached hydrogen (secondary N) is 1. The first-order valence-corrected chi connectivity index (χ1v) is 7.07. The van der Waals surface area contributed by atoms with E-state index in [9.17, 15) is 0 Å². The molecule has 0 spiro atoms. The minimum atomic E-state index is 0.590. The summed E-state index contributed by atoms with van der Waals surface area (Å²) in [5.41, 5.74) is 1.43. The second kappa shape index (κ2) is 8.28. The van der Waals surface area contributed by atoms with Crippen molar-refractivity contribution >= 4 is 0 Å². The summed E-state index contributed by atoms with van der Waals surface area (Å²) in [7, 11) is 2.23. The molecule has 0 aliphatic carbocycles. The molecular formula is C16H28N2. The molecule has 102 valence electrons. The Balaban J connectivity index is 2.21. The van der Waals surface area contributed by atoms with Crippen molar-refractivity contribution < 1.29 is 0 Å². The number of hydrogen-bond acceptors (Lipinski definition) is 2. The van der Waals surface area contributed by atoms with E-state index in [1.807, 2.05) is 0 Å². The van der Waals surface area contributed by atoms with E-state index in [0.29, 0.717) is 12.1 Å². The van der Waals surface area contributed by atoms with Crippen LogP contribution < -0.4 is 5.32 Å². The lowest BCUT2D eigenvalue weighted by atomic mass is 10.1. The molecule has 0 fully saturated rings. The van der Waals surface area contributed by atoms with Gasteiger partial charge in [0.25, 0.3) is 0 Å². The van der Waals surface area contributed by atoms with E-state index in [1.165, 1.54) is 12.0 Å². The van der Waals surface area contributed by atoms with Crippen LogP contribution in [0.1, 0.15) is 32.8 Å². The monoisotopic (exact) mass is 248 g/mol. The minimum absolute atomic E-state index is 0.590. The van der Waals surface area contributed by atoms with Crippen molar-refractivity contribution in [2.45, 2.75) is 45.7 Å². The van der Waals surface area contributed by atoms with Crippen LogP contribution in [0.25, 0.3) is 0 Å². The zero-order valence-corrected chi connectivity index (χ0v) is 12.3. The van der Waals surface area contributed by atoms with Crippen molar-refractivity contribution in [2.75, 3.05) is 20.1 Å². The Kier molecular flexibility index (Phi) is 6.99. The largest absolute Gasteiger partial charge is 0.314 e. The summed E-state index contributed by atoms with van der Waals surface area (Å²) in [4.78, 5) is 2.45. The summed E-state index contributed by atoms with van der Waals surface area (Å²) < 4.78 is 0. The molecule has 0 saturated heterocycles. The topological polar surface area (TPSA) is 15.3 Å². The molecule has 2 nitrogen and oxygen atoms in total. The first-order chi connectivity index (χ1) is 8.59. The summed E-state index contributed by atoms with van der Waals surface area (Å²) in [5, 5.41) is 3.48. The lowest BCUT2D eigenvalue weighted by molar-refractivity contribution is 0.246. The number of benzene rings is 1. The fourth-order valence-corrected chi connectivity index (χ4v) is 1.97. The number of hydrogen-bond donors (Lipinski definition) is 1. The number of nitrogens with zero attached hydrogens (tertiary/aromatic N) is 1. The predicted octanol–water partition coefficient (Wildman–Crippen LogP) is 2.94. The minimum Gasteiger partial charge on any atom is -0.314 e. The number of likely N-dealkylation sites (N-methyl/N-ethyl adjacent to an activating group) is 1. The van der Waals surface area contributed by atoms with Gasteiger partial charge in [-0.2, -0.15) is 0 Å². The fourth-order valence-electron chi connectivity index (χ4n) is 1.97. The summed E-state index contributed by atoms with van der Waals surface area (Å²) in [6, 6.07) is 12.0. The quantitative estimate of drug-likeness (QED) is 0.761. The molecule has 1 rings (SSSR count). The van der Waals surface area contributed by atoms with Crippen LogP contribution in [-0.2, 0) is 6.42 Å². The van der Waals surface area contributed by atoms with Gasteiger partial charge in [-0.25, -0.2) is 0 Å². The third kappa shape index (κ3) is 6.18. The number of rotatable bonds is 8. The van der Waals surface area contributed by atoms with Crippen LogP contribution in [0.15, 0.2) is 30.3 Å². The Morgan fingerprint density at radius 3 is 2.39 bits per heavy atom. The van der Waals surface area contributed by atoms with Gasteiger partial charge in [0, 0.05) is 18.6 Å². The molecule has 0 amide bonds. The van der Waals surface area contributed by atoms with Gasteiger partial charge >= 0.3 is 0 Å². The van der Waals surface area contributed by atoms with Gasteiger partial charge in [-0.1, -0.05) is 44.2 Å². The van der Waals surface area contributed by atoms with Crippen molar-refractivity contribution in [1.82, 2.24) is 10.2 Å². The van der Waals surface area contributed by atoms with Crippen LogP contribution in [-0.4, -0.2) is 37.1 Å². The van der Waals surface area contributed by atoms with E-state index in [1.54, 1.807) is 0 Å².